The van der Waals surface area contributed by atoms with E-state index in [1.165, 1.54) is 0 Å². The number of aromatic nitrogens is 1. The molecular formula is C6H2Cl2F3N. The zero-order valence-corrected chi connectivity index (χ0v) is 6.85. The first-order valence-electron chi connectivity index (χ1n) is 3.64. The molecule has 0 saturated heterocycles. The third-order valence-corrected chi connectivity index (χ3v) is 1.29. The second-order valence-corrected chi connectivity index (χ2v) is 2.53. The molecule has 66 valence electrons. The maximum atomic E-state index is 12.3. The number of nitrogens with zero attached hydrogens (tertiary/aromatic N) is 1. The van der Waals surface area contributed by atoms with Crippen LogP contribution in [0, 0.1) is 0 Å². The number of hydrogen-bond donors (Lipinski definition) is 0. The third-order valence-electron chi connectivity index (χ3n) is 0.936. The zero-order chi connectivity index (χ0) is 11.1. The van der Waals surface area contributed by atoms with Gasteiger partial charge in [0, 0.05) is 0 Å². The summed E-state index contributed by atoms with van der Waals surface area (Å²) < 4.78 is 50.8. The van der Waals surface area contributed by atoms with Crippen molar-refractivity contribution >= 4 is 23.2 Å². The summed E-state index contributed by atoms with van der Waals surface area (Å²) in [5, 5.41) is -1.34. The van der Waals surface area contributed by atoms with E-state index in [1.54, 1.807) is 0 Å². The predicted octanol–water partition coefficient (Wildman–Crippen LogP) is 3.41. The van der Waals surface area contributed by atoms with Gasteiger partial charge in [-0.25, -0.2) is 4.98 Å². The Morgan fingerprint density at radius 1 is 1.25 bits per heavy atom. The van der Waals surface area contributed by atoms with Crippen LogP contribution in [0.2, 0.25) is 10.3 Å². The fourth-order valence-electron chi connectivity index (χ4n) is 0.521. The van der Waals surface area contributed by atoms with Crippen molar-refractivity contribution in [2.45, 2.75) is 6.18 Å². The minimum atomic E-state index is -4.83. The highest BCUT2D eigenvalue weighted by Gasteiger charge is 2.31. The van der Waals surface area contributed by atoms with E-state index in [0.29, 0.717) is 0 Å². The normalized spacial score (nSPS) is 14.1. The third kappa shape index (κ3) is 2.25. The summed E-state index contributed by atoms with van der Waals surface area (Å²) in [6.45, 7) is 0. The molecule has 1 heterocycles. The number of rotatable bonds is 0. The fourth-order valence-corrected chi connectivity index (χ4v) is 0.923. The standard InChI is InChI=1S/C6H2Cl2F3N/c7-4-1-3(6(9,10)11)2-5(8)12-4/h1-2H/i1D,2D. The van der Waals surface area contributed by atoms with Gasteiger partial charge in [0.15, 0.2) is 0 Å². The molecule has 0 atom stereocenters. The Kier molecular flexibility index (Phi) is 1.81. The molecule has 0 amide bonds. The SMILES string of the molecule is [2H]c1c(Cl)nc(Cl)c([2H])c1C(F)(F)F. The van der Waals surface area contributed by atoms with Gasteiger partial charge in [-0.3, -0.25) is 0 Å². The van der Waals surface area contributed by atoms with Gasteiger partial charge in [-0.05, 0) is 12.1 Å². The summed E-state index contributed by atoms with van der Waals surface area (Å²) in [6.07, 6.45) is -4.83. The molecule has 0 fully saturated rings. The summed E-state index contributed by atoms with van der Waals surface area (Å²) in [6, 6.07) is -2.07. The van der Waals surface area contributed by atoms with Gasteiger partial charge in [0.2, 0.25) is 0 Å². The molecule has 0 saturated carbocycles. The van der Waals surface area contributed by atoms with Crippen LogP contribution in [0.25, 0.3) is 0 Å². The molecule has 0 aromatic carbocycles. The van der Waals surface area contributed by atoms with E-state index in [2.05, 4.69) is 4.98 Å². The molecule has 0 aliphatic carbocycles. The molecule has 1 aromatic heterocycles. The Hall–Kier alpha value is -0.480. The quantitative estimate of drug-likeness (QED) is 0.608. The molecule has 1 aromatic rings. The van der Waals surface area contributed by atoms with Crippen molar-refractivity contribution in [1.82, 2.24) is 4.98 Å². The number of alkyl halides is 3. The minimum Gasteiger partial charge on any atom is -0.224 e. The van der Waals surface area contributed by atoms with Crippen LogP contribution in [0.5, 0.6) is 0 Å². The summed E-state index contributed by atoms with van der Waals surface area (Å²) in [7, 11) is 0. The van der Waals surface area contributed by atoms with Crippen LogP contribution in [0.3, 0.4) is 0 Å². The van der Waals surface area contributed by atoms with Crippen LogP contribution in [-0.2, 0) is 6.18 Å². The smallest absolute Gasteiger partial charge is 0.224 e. The molecule has 0 aliphatic rings. The van der Waals surface area contributed by atoms with Crippen LogP contribution < -0.4 is 0 Å². The zero-order valence-electron chi connectivity index (χ0n) is 7.34. The molecule has 0 unspecified atom stereocenters. The summed E-state index contributed by atoms with van der Waals surface area (Å²) in [5.74, 6) is 0. The first kappa shape index (κ1) is 6.97. The van der Waals surface area contributed by atoms with Crippen molar-refractivity contribution in [1.29, 1.82) is 0 Å². The lowest BCUT2D eigenvalue weighted by molar-refractivity contribution is -0.137. The molecule has 0 radical (unpaired) electrons. The van der Waals surface area contributed by atoms with Gasteiger partial charge in [-0.1, -0.05) is 23.2 Å². The predicted molar refractivity (Wildman–Crippen MR) is 39.3 cm³/mol. The van der Waals surface area contributed by atoms with Crippen molar-refractivity contribution in [3.63, 3.8) is 0 Å². The number of halogens is 5. The second-order valence-electron chi connectivity index (χ2n) is 1.82. The average Bonchev–Trinajstić information content (AvgIpc) is 1.98. The second kappa shape index (κ2) is 3.11. The summed E-state index contributed by atoms with van der Waals surface area (Å²) >= 11 is 10.5. The van der Waals surface area contributed by atoms with Gasteiger partial charge in [-0.2, -0.15) is 13.2 Å². The topological polar surface area (TPSA) is 12.9 Å². The molecule has 1 rings (SSSR count). The van der Waals surface area contributed by atoms with Gasteiger partial charge in [0.05, 0.1) is 8.30 Å². The van der Waals surface area contributed by atoms with Gasteiger partial charge in [0.25, 0.3) is 0 Å². The number of pyridine rings is 1. The van der Waals surface area contributed by atoms with Gasteiger partial charge in [-0.15, -0.1) is 0 Å². The first-order valence-corrected chi connectivity index (χ1v) is 3.40. The Balaban J connectivity index is 3.56. The summed E-state index contributed by atoms with van der Waals surface area (Å²) in [5.41, 5.74) is -1.47. The number of hydrogen-bond acceptors (Lipinski definition) is 1. The Labute approximate surface area is 78.9 Å². The van der Waals surface area contributed by atoms with Crippen LogP contribution in [-0.4, -0.2) is 4.98 Å². The van der Waals surface area contributed by atoms with Crippen molar-refractivity contribution < 1.29 is 15.9 Å². The molecule has 0 bridgehead atoms. The molecule has 1 nitrogen and oxygen atoms in total. The van der Waals surface area contributed by atoms with Crippen molar-refractivity contribution in [2.24, 2.45) is 0 Å². The minimum absolute atomic E-state index is 0.668. The van der Waals surface area contributed by atoms with Gasteiger partial charge >= 0.3 is 6.18 Å². The summed E-state index contributed by atoms with van der Waals surface area (Å²) in [4.78, 5) is 3.20. The molecule has 0 aliphatic heterocycles. The average molecular weight is 218 g/mol. The lowest BCUT2D eigenvalue weighted by Crippen LogP contribution is -2.05. The highest BCUT2D eigenvalue weighted by Crippen LogP contribution is 2.31. The van der Waals surface area contributed by atoms with Crippen molar-refractivity contribution in [2.75, 3.05) is 0 Å². The van der Waals surface area contributed by atoms with Crippen molar-refractivity contribution in [3.05, 3.63) is 28.0 Å². The van der Waals surface area contributed by atoms with Gasteiger partial charge < -0.3 is 0 Å². The monoisotopic (exact) mass is 217 g/mol. The highest BCUT2D eigenvalue weighted by molar-refractivity contribution is 6.32. The lowest BCUT2D eigenvalue weighted by atomic mass is 10.3. The molecule has 6 heteroatoms. The molecular weight excluding hydrogens is 214 g/mol. The van der Waals surface area contributed by atoms with E-state index in [9.17, 15) is 13.2 Å². The van der Waals surface area contributed by atoms with E-state index >= 15 is 0 Å². The Morgan fingerprint density at radius 2 is 1.67 bits per heavy atom. The lowest BCUT2D eigenvalue weighted by Gasteiger charge is -2.06. The van der Waals surface area contributed by atoms with Crippen LogP contribution in [0.1, 0.15) is 8.30 Å². The molecule has 0 N–H and O–H groups in total. The van der Waals surface area contributed by atoms with E-state index < -0.39 is 34.1 Å². The maximum Gasteiger partial charge on any atom is 0.416 e. The Bertz CT molecular complexity index is 354. The fraction of sp³-hybridized carbons (Fsp3) is 0.167. The Morgan fingerprint density at radius 3 is 2.00 bits per heavy atom. The van der Waals surface area contributed by atoms with Crippen LogP contribution in [0.4, 0.5) is 13.2 Å². The first-order chi connectivity index (χ1) is 6.25. The molecule has 12 heavy (non-hydrogen) atoms. The van der Waals surface area contributed by atoms with E-state index in [0.717, 1.165) is 0 Å². The largest absolute Gasteiger partial charge is 0.416 e. The highest BCUT2D eigenvalue weighted by atomic mass is 35.5. The maximum absolute atomic E-state index is 12.3. The van der Waals surface area contributed by atoms with E-state index in [4.69, 9.17) is 25.9 Å². The van der Waals surface area contributed by atoms with Gasteiger partial charge in [0.1, 0.15) is 10.3 Å². The van der Waals surface area contributed by atoms with Crippen LogP contribution >= 0.6 is 23.2 Å². The van der Waals surface area contributed by atoms with Crippen molar-refractivity contribution in [3.8, 4) is 0 Å². The van der Waals surface area contributed by atoms with E-state index in [1.807, 2.05) is 0 Å². The van der Waals surface area contributed by atoms with E-state index in [-0.39, 0.29) is 0 Å². The van der Waals surface area contributed by atoms with Crippen LogP contribution in [0.15, 0.2) is 12.1 Å². The molecule has 0 spiro atoms.